The molecule has 1 aromatic rings. The molecule has 0 saturated carbocycles. The number of carbonyl (C=O) groups is 1. The number of likely N-dealkylation sites (N-methyl/N-ethyl adjacent to an activating group) is 1. The summed E-state index contributed by atoms with van der Waals surface area (Å²) >= 11 is 0. The molecule has 1 aromatic heterocycles. The second-order valence-electron chi connectivity index (χ2n) is 4.85. The van der Waals surface area contributed by atoms with Gasteiger partial charge in [-0.2, -0.15) is 0 Å². The first-order chi connectivity index (χ1) is 9.19. The van der Waals surface area contributed by atoms with E-state index in [9.17, 15) is 4.79 Å². The summed E-state index contributed by atoms with van der Waals surface area (Å²) in [6.07, 6.45) is 3.07. The zero-order valence-electron chi connectivity index (χ0n) is 11.1. The third-order valence-corrected chi connectivity index (χ3v) is 3.22. The normalized spacial score (nSPS) is 22.7. The Balaban J connectivity index is 1.78. The van der Waals surface area contributed by atoms with Gasteiger partial charge in [0, 0.05) is 19.3 Å². The maximum Gasteiger partial charge on any atom is 0.263 e. The Morgan fingerprint density at radius 1 is 1.58 bits per heavy atom. The first kappa shape index (κ1) is 13.9. The van der Waals surface area contributed by atoms with Gasteiger partial charge in [0.15, 0.2) is 0 Å². The number of nitrogens with zero attached hydrogens (tertiary/aromatic N) is 2. The second kappa shape index (κ2) is 6.60. The highest BCUT2D eigenvalue weighted by atomic mass is 16.5. The lowest BCUT2D eigenvalue weighted by Crippen LogP contribution is -2.39. The predicted molar refractivity (Wildman–Crippen MR) is 70.8 cm³/mol. The summed E-state index contributed by atoms with van der Waals surface area (Å²) in [5, 5.41) is 0. The van der Waals surface area contributed by atoms with Crippen LogP contribution in [0, 0.1) is 0 Å². The molecule has 1 amide bonds. The molecular formula is C13H20N4O2. The summed E-state index contributed by atoms with van der Waals surface area (Å²) in [4.78, 5) is 17.8. The van der Waals surface area contributed by atoms with Crippen molar-refractivity contribution in [1.29, 1.82) is 0 Å². The van der Waals surface area contributed by atoms with Gasteiger partial charge in [0.25, 0.3) is 5.91 Å². The van der Waals surface area contributed by atoms with Crippen LogP contribution in [-0.2, 0) is 16.1 Å². The smallest absolute Gasteiger partial charge is 0.263 e. The Morgan fingerprint density at radius 2 is 2.42 bits per heavy atom. The summed E-state index contributed by atoms with van der Waals surface area (Å²) in [7, 11) is 2.02. The summed E-state index contributed by atoms with van der Waals surface area (Å²) in [6.45, 7) is 1.55. The van der Waals surface area contributed by atoms with Crippen molar-refractivity contribution in [2.24, 2.45) is 5.84 Å². The van der Waals surface area contributed by atoms with E-state index < -0.39 is 6.10 Å². The van der Waals surface area contributed by atoms with Crippen LogP contribution in [0.1, 0.15) is 18.5 Å². The van der Waals surface area contributed by atoms with Gasteiger partial charge in [0.05, 0.1) is 11.8 Å². The highest BCUT2D eigenvalue weighted by Gasteiger charge is 2.30. The fourth-order valence-corrected chi connectivity index (χ4v) is 2.31. The summed E-state index contributed by atoms with van der Waals surface area (Å²) in [5.74, 6) is 4.86. The van der Waals surface area contributed by atoms with Gasteiger partial charge in [-0.1, -0.05) is 6.07 Å². The minimum Gasteiger partial charge on any atom is -0.364 e. The molecule has 1 fully saturated rings. The van der Waals surface area contributed by atoms with Crippen LogP contribution in [0.25, 0.3) is 0 Å². The number of hydrogen-bond donors (Lipinski definition) is 2. The molecule has 2 unspecified atom stereocenters. The second-order valence-corrected chi connectivity index (χ2v) is 4.85. The third kappa shape index (κ3) is 3.99. The molecular weight excluding hydrogens is 244 g/mol. The molecule has 104 valence electrons. The van der Waals surface area contributed by atoms with Crippen molar-refractivity contribution in [1.82, 2.24) is 15.3 Å². The van der Waals surface area contributed by atoms with Gasteiger partial charge in [-0.3, -0.25) is 20.1 Å². The molecule has 19 heavy (non-hydrogen) atoms. The van der Waals surface area contributed by atoms with Crippen molar-refractivity contribution in [3.63, 3.8) is 0 Å². The summed E-state index contributed by atoms with van der Waals surface area (Å²) in [6, 6.07) is 5.88. The maximum absolute atomic E-state index is 11.4. The fourth-order valence-electron chi connectivity index (χ4n) is 2.31. The first-order valence-electron chi connectivity index (χ1n) is 6.43. The highest BCUT2D eigenvalue weighted by molar-refractivity contribution is 5.80. The number of ether oxygens (including phenoxy) is 1. The Bertz CT molecular complexity index is 412. The number of nitrogens with one attached hydrogen (secondary N) is 1. The summed E-state index contributed by atoms with van der Waals surface area (Å²) < 4.78 is 5.67. The third-order valence-electron chi connectivity index (χ3n) is 3.22. The Morgan fingerprint density at radius 3 is 3.11 bits per heavy atom. The van der Waals surface area contributed by atoms with Gasteiger partial charge in [0.2, 0.25) is 0 Å². The van der Waals surface area contributed by atoms with Gasteiger partial charge >= 0.3 is 0 Å². The van der Waals surface area contributed by atoms with Crippen molar-refractivity contribution in [3.05, 3.63) is 30.1 Å². The van der Waals surface area contributed by atoms with Gasteiger partial charge in [0.1, 0.15) is 6.10 Å². The standard InChI is InChI=1S/C13H20N4O2/c1-17(8-10-4-2-3-7-15-10)9-11-5-6-12(19-11)13(18)16-14/h2-4,7,11-12H,5-6,8-9,14H2,1H3,(H,16,18). The lowest BCUT2D eigenvalue weighted by molar-refractivity contribution is -0.132. The van der Waals surface area contributed by atoms with Crippen molar-refractivity contribution < 1.29 is 9.53 Å². The Kier molecular flexibility index (Phi) is 4.84. The van der Waals surface area contributed by atoms with E-state index in [-0.39, 0.29) is 12.0 Å². The zero-order valence-corrected chi connectivity index (χ0v) is 11.1. The van der Waals surface area contributed by atoms with Crippen LogP contribution < -0.4 is 11.3 Å². The molecule has 0 aliphatic carbocycles. The lowest BCUT2D eigenvalue weighted by atomic mass is 10.2. The summed E-state index contributed by atoms with van der Waals surface area (Å²) in [5.41, 5.74) is 3.16. The number of pyridine rings is 1. The lowest BCUT2D eigenvalue weighted by Gasteiger charge is -2.20. The SMILES string of the molecule is CN(Cc1ccccn1)CC1CCC(C(=O)NN)O1. The van der Waals surface area contributed by atoms with Crippen LogP contribution in [0.5, 0.6) is 0 Å². The largest absolute Gasteiger partial charge is 0.364 e. The molecule has 0 bridgehead atoms. The van der Waals surface area contributed by atoms with E-state index in [0.717, 1.165) is 31.6 Å². The van der Waals surface area contributed by atoms with Crippen molar-refractivity contribution in [3.8, 4) is 0 Å². The quantitative estimate of drug-likeness (QED) is 0.446. The van der Waals surface area contributed by atoms with E-state index in [1.807, 2.05) is 25.2 Å². The van der Waals surface area contributed by atoms with E-state index in [2.05, 4.69) is 15.3 Å². The monoisotopic (exact) mass is 264 g/mol. The van der Waals surface area contributed by atoms with Gasteiger partial charge in [-0.25, -0.2) is 5.84 Å². The molecule has 0 radical (unpaired) electrons. The minimum atomic E-state index is -0.404. The van der Waals surface area contributed by atoms with Crippen LogP contribution >= 0.6 is 0 Å². The molecule has 2 heterocycles. The topological polar surface area (TPSA) is 80.5 Å². The van der Waals surface area contributed by atoms with Crippen LogP contribution in [0.15, 0.2) is 24.4 Å². The van der Waals surface area contributed by atoms with E-state index in [1.54, 1.807) is 6.20 Å². The van der Waals surface area contributed by atoms with E-state index >= 15 is 0 Å². The molecule has 3 N–H and O–H groups in total. The van der Waals surface area contributed by atoms with E-state index in [0.29, 0.717) is 0 Å². The average Bonchev–Trinajstić information content (AvgIpc) is 2.87. The maximum atomic E-state index is 11.4. The molecule has 1 saturated heterocycles. The first-order valence-corrected chi connectivity index (χ1v) is 6.43. The number of amides is 1. The fraction of sp³-hybridized carbons (Fsp3) is 0.538. The van der Waals surface area contributed by atoms with Crippen LogP contribution in [0.4, 0.5) is 0 Å². The molecule has 2 rings (SSSR count). The van der Waals surface area contributed by atoms with E-state index in [1.165, 1.54) is 0 Å². The van der Waals surface area contributed by atoms with Crippen LogP contribution in [-0.4, -0.2) is 41.6 Å². The van der Waals surface area contributed by atoms with Gasteiger partial charge in [-0.15, -0.1) is 0 Å². The predicted octanol–water partition coefficient (Wildman–Crippen LogP) is 0.0509. The molecule has 6 heteroatoms. The number of hydrogen-bond acceptors (Lipinski definition) is 5. The van der Waals surface area contributed by atoms with Crippen molar-refractivity contribution in [2.45, 2.75) is 31.6 Å². The van der Waals surface area contributed by atoms with Gasteiger partial charge in [-0.05, 0) is 32.0 Å². The number of rotatable bonds is 5. The average molecular weight is 264 g/mol. The number of hydrazine groups is 1. The molecule has 1 aliphatic rings. The van der Waals surface area contributed by atoms with Crippen LogP contribution in [0.2, 0.25) is 0 Å². The Hall–Kier alpha value is -1.50. The zero-order chi connectivity index (χ0) is 13.7. The molecule has 0 spiro atoms. The van der Waals surface area contributed by atoms with Crippen molar-refractivity contribution in [2.75, 3.05) is 13.6 Å². The molecule has 6 nitrogen and oxygen atoms in total. The van der Waals surface area contributed by atoms with Crippen molar-refractivity contribution >= 4 is 5.91 Å². The van der Waals surface area contributed by atoms with Gasteiger partial charge < -0.3 is 4.74 Å². The number of aromatic nitrogens is 1. The van der Waals surface area contributed by atoms with E-state index in [4.69, 9.17) is 10.6 Å². The minimum absolute atomic E-state index is 0.0796. The number of carbonyl (C=O) groups excluding carboxylic acids is 1. The van der Waals surface area contributed by atoms with Crippen LogP contribution in [0.3, 0.4) is 0 Å². The molecule has 2 atom stereocenters. The highest BCUT2D eigenvalue weighted by Crippen LogP contribution is 2.20. The molecule has 0 aromatic carbocycles. The molecule has 1 aliphatic heterocycles. The Labute approximate surface area is 112 Å². The number of nitrogens with two attached hydrogens (primary N) is 1.